The summed E-state index contributed by atoms with van der Waals surface area (Å²) in [7, 11) is 0. The molecule has 1 rings (SSSR count). The molecular weight excluding hydrogens is 208 g/mol. The lowest BCUT2D eigenvalue weighted by Gasteiger charge is -2.21. The van der Waals surface area contributed by atoms with Crippen LogP contribution in [-0.4, -0.2) is 33.8 Å². The molecule has 0 aromatic carbocycles. The van der Waals surface area contributed by atoms with Crippen molar-refractivity contribution in [1.82, 2.24) is 4.98 Å². The van der Waals surface area contributed by atoms with E-state index in [1.807, 2.05) is 13.8 Å². The Labute approximate surface area is 94.1 Å². The van der Waals surface area contributed by atoms with Gasteiger partial charge < -0.3 is 15.5 Å². The van der Waals surface area contributed by atoms with Crippen molar-refractivity contribution in [3.63, 3.8) is 0 Å². The van der Waals surface area contributed by atoms with E-state index in [1.165, 1.54) is 12.4 Å². The summed E-state index contributed by atoms with van der Waals surface area (Å²) in [4.78, 5) is 14.7. The molecule has 2 unspecified atom stereocenters. The standard InChI is InChI=1S/C11H16N2O3/c1-7(6-14)8(2)13-10-3-4-12-5-9(10)11(15)16/h3-5,7-8,14H,6H2,1-2H3,(H,12,13)(H,15,16). The van der Waals surface area contributed by atoms with Gasteiger partial charge in [-0.3, -0.25) is 4.98 Å². The predicted octanol–water partition coefficient (Wildman–Crippen LogP) is 1.21. The van der Waals surface area contributed by atoms with Gasteiger partial charge >= 0.3 is 5.97 Å². The fraction of sp³-hybridized carbons (Fsp3) is 0.455. The van der Waals surface area contributed by atoms with E-state index in [4.69, 9.17) is 10.2 Å². The van der Waals surface area contributed by atoms with E-state index in [2.05, 4.69) is 10.3 Å². The summed E-state index contributed by atoms with van der Waals surface area (Å²) in [5, 5.41) is 21.0. The Balaban J connectivity index is 2.84. The molecule has 3 N–H and O–H groups in total. The van der Waals surface area contributed by atoms with E-state index in [0.717, 1.165) is 0 Å². The molecule has 1 aromatic heterocycles. The second-order valence-electron chi connectivity index (χ2n) is 3.82. The van der Waals surface area contributed by atoms with Crippen molar-refractivity contribution in [1.29, 1.82) is 0 Å². The van der Waals surface area contributed by atoms with Crippen LogP contribution in [0.1, 0.15) is 24.2 Å². The van der Waals surface area contributed by atoms with Crippen LogP contribution in [0, 0.1) is 5.92 Å². The Kier molecular flexibility index (Phi) is 4.25. The minimum absolute atomic E-state index is 0.00880. The molecule has 16 heavy (non-hydrogen) atoms. The molecule has 0 radical (unpaired) electrons. The number of anilines is 1. The number of carboxylic acids is 1. The van der Waals surface area contributed by atoms with E-state index in [0.29, 0.717) is 5.69 Å². The number of aliphatic hydroxyl groups excluding tert-OH is 1. The average Bonchev–Trinajstić information content (AvgIpc) is 2.28. The third-order valence-electron chi connectivity index (χ3n) is 2.58. The van der Waals surface area contributed by atoms with Gasteiger partial charge in [0.2, 0.25) is 0 Å². The molecule has 1 heterocycles. The Bertz CT molecular complexity index is 368. The second-order valence-corrected chi connectivity index (χ2v) is 3.82. The number of carbonyl (C=O) groups is 1. The first-order valence-corrected chi connectivity index (χ1v) is 5.11. The van der Waals surface area contributed by atoms with Crippen molar-refractivity contribution in [2.75, 3.05) is 11.9 Å². The summed E-state index contributed by atoms with van der Waals surface area (Å²) < 4.78 is 0. The molecule has 0 bridgehead atoms. The largest absolute Gasteiger partial charge is 0.478 e. The highest BCUT2D eigenvalue weighted by Gasteiger charge is 2.15. The van der Waals surface area contributed by atoms with Crippen LogP contribution in [0.5, 0.6) is 0 Å². The van der Waals surface area contributed by atoms with Gasteiger partial charge in [-0.2, -0.15) is 0 Å². The number of carboxylic acid groups (broad SMARTS) is 1. The number of hydrogen-bond donors (Lipinski definition) is 3. The lowest BCUT2D eigenvalue weighted by Crippen LogP contribution is -2.27. The zero-order chi connectivity index (χ0) is 12.1. The van der Waals surface area contributed by atoms with Gasteiger partial charge in [-0.15, -0.1) is 0 Å². The van der Waals surface area contributed by atoms with Crippen molar-refractivity contribution in [2.45, 2.75) is 19.9 Å². The highest BCUT2D eigenvalue weighted by atomic mass is 16.4. The van der Waals surface area contributed by atoms with E-state index >= 15 is 0 Å². The molecule has 0 aliphatic carbocycles. The zero-order valence-corrected chi connectivity index (χ0v) is 9.34. The van der Waals surface area contributed by atoms with Gasteiger partial charge in [0.15, 0.2) is 0 Å². The normalized spacial score (nSPS) is 14.2. The Morgan fingerprint density at radius 1 is 1.56 bits per heavy atom. The Morgan fingerprint density at radius 3 is 2.81 bits per heavy atom. The minimum atomic E-state index is -1.01. The maximum atomic E-state index is 10.9. The fourth-order valence-electron chi connectivity index (χ4n) is 1.24. The first kappa shape index (κ1) is 12.4. The molecule has 0 spiro atoms. The van der Waals surface area contributed by atoms with E-state index < -0.39 is 5.97 Å². The molecule has 0 aliphatic heterocycles. The molecular formula is C11H16N2O3. The van der Waals surface area contributed by atoms with Crippen molar-refractivity contribution >= 4 is 11.7 Å². The number of aromatic nitrogens is 1. The topological polar surface area (TPSA) is 82.5 Å². The van der Waals surface area contributed by atoms with Crippen LogP contribution >= 0.6 is 0 Å². The van der Waals surface area contributed by atoms with E-state index in [-0.39, 0.29) is 24.1 Å². The third-order valence-corrected chi connectivity index (χ3v) is 2.58. The lowest BCUT2D eigenvalue weighted by molar-refractivity contribution is 0.0697. The number of nitrogens with zero attached hydrogens (tertiary/aromatic N) is 1. The molecule has 1 aromatic rings. The van der Waals surface area contributed by atoms with Crippen LogP contribution in [0.4, 0.5) is 5.69 Å². The van der Waals surface area contributed by atoms with Crippen LogP contribution in [-0.2, 0) is 0 Å². The highest BCUT2D eigenvalue weighted by molar-refractivity contribution is 5.93. The average molecular weight is 224 g/mol. The second kappa shape index (κ2) is 5.46. The van der Waals surface area contributed by atoms with Crippen molar-refractivity contribution in [3.8, 4) is 0 Å². The monoisotopic (exact) mass is 224 g/mol. The molecule has 0 saturated heterocycles. The molecule has 5 heteroatoms. The molecule has 88 valence electrons. The van der Waals surface area contributed by atoms with E-state index in [1.54, 1.807) is 6.07 Å². The molecule has 0 aliphatic rings. The van der Waals surface area contributed by atoms with Crippen molar-refractivity contribution < 1.29 is 15.0 Å². The van der Waals surface area contributed by atoms with Gasteiger partial charge in [-0.1, -0.05) is 6.92 Å². The molecule has 0 fully saturated rings. The quantitative estimate of drug-likeness (QED) is 0.700. The van der Waals surface area contributed by atoms with E-state index in [9.17, 15) is 4.79 Å². The van der Waals surface area contributed by atoms with Gasteiger partial charge in [0.05, 0.1) is 5.69 Å². The molecule has 5 nitrogen and oxygen atoms in total. The van der Waals surface area contributed by atoms with Gasteiger partial charge in [0.1, 0.15) is 5.56 Å². The van der Waals surface area contributed by atoms with Gasteiger partial charge in [0, 0.05) is 25.0 Å². The first-order chi connectivity index (χ1) is 7.56. The summed E-state index contributed by atoms with van der Waals surface area (Å²) in [6, 6.07) is 1.61. The lowest BCUT2D eigenvalue weighted by atomic mass is 10.0. The molecule has 2 atom stereocenters. The van der Waals surface area contributed by atoms with Crippen LogP contribution in [0.15, 0.2) is 18.5 Å². The zero-order valence-electron chi connectivity index (χ0n) is 9.34. The summed E-state index contributed by atoms with van der Waals surface area (Å²) in [5.41, 5.74) is 0.662. The number of nitrogens with one attached hydrogen (secondary N) is 1. The Hall–Kier alpha value is -1.62. The van der Waals surface area contributed by atoms with Crippen LogP contribution in [0.3, 0.4) is 0 Å². The third kappa shape index (κ3) is 2.93. The maximum Gasteiger partial charge on any atom is 0.339 e. The number of aromatic carboxylic acids is 1. The van der Waals surface area contributed by atoms with Crippen LogP contribution in [0.25, 0.3) is 0 Å². The first-order valence-electron chi connectivity index (χ1n) is 5.11. The number of pyridine rings is 1. The van der Waals surface area contributed by atoms with Crippen LogP contribution < -0.4 is 5.32 Å². The smallest absolute Gasteiger partial charge is 0.339 e. The number of aliphatic hydroxyl groups is 1. The van der Waals surface area contributed by atoms with Gasteiger partial charge in [-0.25, -0.2) is 4.79 Å². The fourth-order valence-corrected chi connectivity index (χ4v) is 1.24. The summed E-state index contributed by atoms with van der Waals surface area (Å²) in [6.07, 6.45) is 2.84. The predicted molar refractivity (Wildman–Crippen MR) is 60.5 cm³/mol. The summed E-state index contributed by atoms with van der Waals surface area (Å²) >= 11 is 0. The minimum Gasteiger partial charge on any atom is -0.478 e. The summed E-state index contributed by atoms with van der Waals surface area (Å²) in [6.45, 7) is 3.84. The van der Waals surface area contributed by atoms with Gasteiger partial charge in [0.25, 0.3) is 0 Å². The highest BCUT2D eigenvalue weighted by Crippen LogP contribution is 2.16. The number of hydrogen-bond acceptors (Lipinski definition) is 4. The summed E-state index contributed by atoms with van der Waals surface area (Å²) in [5.74, 6) is -0.964. The van der Waals surface area contributed by atoms with Crippen molar-refractivity contribution in [3.05, 3.63) is 24.0 Å². The molecule has 0 amide bonds. The van der Waals surface area contributed by atoms with Crippen LogP contribution in [0.2, 0.25) is 0 Å². The molecule has 0 saturated carbocycles. The SMILES string of the molecule is CC(CO)C(C)Nc1ccncc1C(=O)O. The Morgan fingerprint density at radius 2 is 2.25 bits per heavy atom. The van der Waals surface area contributed by atoms with Gasteiger partial charge in [-0.05, 0) is 18.9 Å². The number of rotatable bonds is 5. The van der Waals surface area contributed by atoms with Crippen molar-refractivity contribution in [2.24, 2.45) is 5.92 Å². The maximum absolute atomic E-state index is 10.9.